The van der Waals surface area contributed by atoms with Crippen LogP contribution in [0.25, 0.3) is 17.0 Å². The Hall–Kier alpha value is -2.04. The normalized spacial score (nSPS) is 12.7. The molecule has 1 aromatic carbocycles. The van der Waals surface area contributed by atoms with Crippen LogP contribution in [-0.4, -0.2) is 4.57 Å². The van der Waals surface area contributed by atoms with Crippen molar-refractivity contribution in [3.8, 4) is 0 Å². The van der Waals surface area contributed by atoms with Gasteiger partial charge in [-0.15, -0.1) is 0 Å². The SMILES string of the molecule is CCC=Cc1ccc2c(c1)c(C(F)(F)F)c(C)c(=O)n2CC(C)C. The van der Waals surface area contributed by atoms with Gasteiger partial charge in [-0.2, -0.15) is 13.2 Å². The van der Waals surface area contributed by atoms with Crippen LogP contribution in [0.4, 0.5) is 13.2 Å². The summed E-state index contributed by atoms with van der Waals surface area (Å²) in [6.07, 6.45) is -0.0696. The number of pyridine rings is 1. The molecule has 24 heavy (non-hydrogen) atoms. The van der Waals surface area contributed by atoms with Crippen molar-refractivity contribution >= 4 is 17.0 Å². The molecule has 0 bridgehead atoms. The van der Waals surface area contributed by atoms with Crippen LogP contribution in [0.2, 0.25) is 0 Å². The maximum atomic E-state index is 13.6. The Balaban J connectivity index is 2.90. The molecule has 0 aliphatic heterocycles. The number of benzene rings is 1. The standard InChI is InChI=1S/C19H22F3NO/c1-5-6-7-14-8-9-16-15(10-14)17(19(20,21)22)13(4)18(24)23(16)11-12(2)3/h6-10,12H,5,11H2,1-4H3. The van der Waals surface area contributed by atoms with Gasteiger partial charge in [-0.05, 0) is 37.0 Å². The number of alkyl halides is 3. The highest BCUT2D eigenvalue weighted by atomic mass is 19.4. The van der Waals surface area contributed by atoms with Crippen LogP contribution >= 0.6 is 0 Å². The topological polar surface area (TPSA) is 22.0 Å². The van der Waals surface area contributed by atoms with Crippen molar-refractivity contribution in [2.75, 3.05) is 0 Å². The van der Waals surface area contributed by atoms with Gasteiger partial charge in [0.15, 0.2) is 0 Å². The van der Waals surface area contributed by atoms with E-state index in [0.29, 0.717) is 17.6 Å². The van der Waals surface area contributed by atoms with E-state index in [4.69, 9.17) is 0 Å². The molecule has 2 nitrogen and oxygen atoms in total. The molecule has 0 aliphatic rings. The van der Waals surface area contributed by atoms with Gasteiger partial charge < -0.3 is 4.57 Å². The van der Waals surface area contributed by atoms with E-state index in [2.05, 4.69) is 0 Å². The van der Waals surface area contributed by atoms with E-state index >= 15 is 0 Å². The third-order valence-corrected chi connectivity index (χ3v) is 3.90. The van der Waals surface area contributed by atoms with E-state index in [0.717, 1.165) is 6.42 Å². The average Bonchev–Trinajstić information content (AvgIpc) is 2.48. The van der Waals surface area contributed by atoms with Gasteiger partial charge in [0.25, 0.3) is 5.56 Å². The minimum Gasteiger partial charge on any atom is -0.308 e. The molecule has 0 aliphatic carbocycles. The van der Waals surface area contributed by atoms with Crippen molar-refractivity contribution in [2.24, 2.45) is 5.92 Å². The summed E-state index contributed by atoms with van der Waals surface area (Å²) in [6.45, 7) is 7.48. The Bertz CT molecular complexity index is 829. The predicted octanol–water partition coefficient (Wildman–Crippen LogP) is 5.41. The molecule has 2 aromatic rings. The van der Waals surface area contributed by atoms with E-state index in [1.807, 2.05) is 26.8 Å². The van der Waals surface area contributed by atoms with Crippen LogP contribution in [0.5, 0.6) is 0 Å². The number of fused-ring (bicyclic) bond motifs is 1. The first-order chi connectivity index (χ1) is 11.2. The highest BCUT2D eigenvalue weighted by molar-refractivity contribution is 5.86. The molecule has 130 valence electrons. The lowest BCUT2D eigenvalue weighted by Gasteiger charge is -2.19. The monoisotopic (exact) mass is 337 g/mol. The zero-order valence-electron chi connectivity index (χ0n) is 14.4. The Kier molecular flexibility index (Phi) is 5.21. The van der Waals surface area contributed by atoms with E-state index in [1.165, 1.54) is 17.6 Å². The third-order valence-electron chi connectivity index (χ3n) is 3.90. The van der Waals surface area contributed by atoms with Crippen LogP contribution in [0.3, 0.4) is 0 Å². The minimum absolute atomic E-state index is 0.0819. The zero-order valence-corrected chi connectivity index (χ0v) is 14.4. The fraction of sp³-hybridized carbons (Fsp3) is 0.421. The van der Waals surface area contributed by atoms with Crippen LogP contribution in [-0.2, 0) is 12.7 Å². The fourth-order valence-electron chi connectivity index (χ4n) is 2.88. The van der Waals surface area contributed by atoms with Crippen LogP contribution in [0.1, 0.15) is 43.9 Å². The Morgan fingerprint density at radius 1 is 1.25 bits per heavy atom. The van der Waals surface area contributed by atoms with Gasteiger partial charge in [0.05, 0.1) is 11.1 Å². The van der Waals surface area contributed by atoms with Crippen LogP contribution in [0, 0.1) is 12.8 Å². The van der Waals surface area contributed by atoms with Gasteiger partial charge in [0.1, 0.15) is 0 Å². The number of hydrogen-bond acceptors (Lipinski definition) is 1. The summed E-state index contributed by atoms with van der Waals surface area (Å²) in [7, 11) is 0. The molecule has 0 spiro atoms. The van der Waals surface area contributed by atoms with Crippen molar-refractivity contribution in [1.82, 2.24) is 4.57 Å². The summed E-state index contributed by atoms with van der Waals surface area (Å²) in [5.41, 5.74) is -0.605. The highest BCUT2D eigenvalue weighted by Crippen LogP contribution is 2.36. The molecule has 0 atom stereocenters. The second kappa shape index (κ2) is 6.83. The summed E-state index contributed by atoms with van der Waals surface area (Å²) >= 11 is 0. The third kappa shape index (κ3) is 3.55. The van der Waals surface area contributed by atoms with Gasteiger partial charge in [0.2, 0.25) is 0 Å². The van der Waals surface area contributed by atoms with E-state index in [9.17, 15) is 18.0 Å². The van der Waals surface area contributed by atoms with E-state index < -0.39 is 17.3 Å². The van der Waals surface area contributed by atoms with Gasteiger partial charge in [-0.3, -0.25) is 4.79 Å². The number of rotatable bonds is 4. The number of hydrogen-bond donors (Lipinski definition) is 0. The number of halogens is 3. The summed E-state index contributed by atoms with van der Waals surface area (Å²) in [5.74, 6) is 0.154. The Labute approximate surface area is 139 Å². The second-order valence-electron chi connectivity index (χ2n) is 6.39. The highest BCUT2D eigenvalue weighted by Gasteiger charge is 2.36. The average molecular weight is 337 g/mol. The predicted molar refractivity (Wildman–Crippen MR) is 92.1 cm³/mol. The van der Waals surface area contributed by atoms with Crippen molar-refractivity contribution in [2.45, 2.75) is 46.8 Å². The molecule has 0 radical (unpaired) electrons. The first kappa shape index (κ1) is 18.3. The smallest absolute Gasteiger partial charge is 0.308 e. The molecule has 0 amide bonds. The van der Waals surface area contributed by atoms with Crippen molar-refractivity contribution in [3.05, 3.63) is 51.3 Å². The van der Waals surface area contributed by atoms with Crippen LogP contribution < -0.4 is 5.56 Å². The number of allylic oxidation sites excluding steroid dienone is 1. The summed E-state index contributed by atoms with van der Waals surface area (Å²) in [5, 5.41) is 0.0819. The quantitative estimate of drug-likeness (QED) is 0.731. The second-order valence-corrected chi connectivity index (χ2v) is 6.39. The van der Waals surface area contributed by atoms with Gasteiger partial charge in [0, 0.05) is 17.5 Å². The van der Waals surface area contributed by atoms with Gasteiger partial charge >= 0.3 is 6.18 Å². The summed E-state index contributed by atoms with van der Waals surface area (Å²) < 4.78 is 42.2. The molecule has 5 heteroatoms. The summed E-state index contributed by atoms with van der Waals surface area (Å²) in [4.78, 5) is 12.5. The minimum atomic E-state index is -4.56. The molecule has 0 saturated carbocycles. The number of aromatic nitrogens is 1. The lowest BCUT2D eigenvalue weighted by atomic mass is 10.00. The summed E-state index contributed by atoms with van der Waals surface area (Å²) in [6, 6.07) is 4.89. The maximum absolute atomic E-state index is 13.6. The first-order valence-corrected chi connectivity index (χ1v) is 8.07. The molecule has 1 aromatic heterocycles. The maximum Gasteiger partial charge on any atom is 0.417 e. The molecular formula is C19H22F3NO. The Morgan fingerprint density at radius 3 is 2.46 bits per heavy atom. The molecule has 2 rings (SSSR count). The fourth-order valence-corrected chi connectivity index (χ4v) is 2.88. The van der Waals surface area contributed by atoms with E-state index in [-0.39, 0.29) is 16.9 Å². The van der Waals surface area contributed by atoms with E-state index in [1.54, 1.807) is 18.2 Å². The molecule has 0 unspecified atom stereocenters. The van der Waals surface area contributed by atoms with Crippen molar-refractivity contribution in [3.63, 3.8) is 0 Å². The molecular weight excluding hydrogens is 315 g/mol. The van der Waals surface area contributed by atoms with Gasteiger partial charge in [-0.25, -0.2) is 0 Å². The van der Waals surface area contributed by atoms with Gasteiger partial charge in [-0.1, -0.05) is 39.0 Å². The molecule has 0 saturated heterocycles. The lowest BCUT2D eigenvalue weighted by Crippen LogP contribution is -2.28. The zero-order chi connectivity index (χ0) is 18.1. The van der Waals surface area contributed by atoms with Crippen molar-refractivity contribution < 1.29 is 13.2 Å². The first-order valence-electron chi connectivity index (χ1n) is 8.07. The molecule has 0 N–H and O–H groups in total. The lowest BCUT2D eigenvalue weighted by molar-refractivity contribution is -0.136. The number of nitrogens with zero attached hydrogens (tertiary/aromatic N) is 1. The van der Waals surface area contributed by atoms with Crippen LogP contribution in [0.15, 0.2) is 29.1 Å². The molecule has 0 fully saturated rings. The molecule has 1 heterocycles. The van der Waals surface area contributed by atoms with Crippen molar-refractivity contribution in [1.29, 1.82) is 0 Å². The largest absolute Gasteiger partial charge is 0.417 e. The Morgan fingerprint density at radius 2 is 1.92 bits per heavy atom.